The van der Waals surface area contributed by atoms with Gasteiger partial charge in [-0.1, -0.05) is 25.3 Å². The number of hydrogen-bond acceptors (Lipinski definition) is 2. The molecule has 5 heteroatoms. The summed E-state index contributed by atoms with van der Waals surface area (Å²) in [6.45, 7) is 0.723. The van der Waals surface area contributed by atoms with E-state index in [1.54, 1.807) is 6.07 Å². The first kappa shape index (κ1) is 16.1. The average Bonchev–Trinajstić information content (AvgIpc) is 2.46. The number of nitrogens with zero attached hydrogens (tertiary/aromatic N) is 1. The Morgan fingerprint density at radius 3 is 2.43 bits per heavy atom. The molecule has 0 saturated heterocycles. The zero-order valence-corrected chi connectivity index (χ0v) is 12.4. The first-order valence-corrected chi connectivity index (χ1v) is 7.53. The van der Waals surface area contributed by atoms with Crippen molar-refractivity contribution in [3.8, 4) is 0 Å². The predicted octanol–water partition coefficient (Wildman–Crippen LogP) is 4.18. The van der Waals surface area contributed by atoms with E-state index >= 15 is 0 Å². The summed E-state index contributed by atoms with van der Waals surface area (Å²) in [5.74, 6) is 0.590. The molecule has 21 heavy (non-hydrogen) atoms. The van der Waals surface area contributed by atoms with E-state index in [2.05, 4.69) is 0 Å². The van der Waals surface area contributed by atoms with Crippen LogP contribution in [0.5, 0.6) is 0 Å². The van der Waals surface area contributed by atoms with Crippen molar-refractivity contribution in [3.05, 3.63) is 29.3 Å². The quantitative estimate of drug-likeness (QED) is 0.904. The lowest BCUT2D eigenvalue weighted by Crippen LogP contribution is -2.27. The van der Waals surface area contributed by atoms with Crippen LogP contribution in [0.4, 0.5) is 18.9 Å². The largest absolute Gasteiger partial charge is 0.416 e. The molecule has 1 aliphatic rings. The molecule has 0 unspecified atom stereocenters. The van der Waals surface area contributed by atoms with Crippen molar-refractivity contribution in [1.29, 1.82) is 0 Å². The van der Waals surface area contributed by atoms with E-state index in [1.165, 1.54) is 44.2 Å². The van der Waals surface area contributed by atoms with Crippen LogP contribution in [-0.2, 0) is 12.7 Å². The smallest absolute Gasteiger partial charge is 0.374 e. The summed E-state index contributed by atoms with van der Waals surface area (Å²) < 4.78 is 39.2. The van der Waals surface area contributed by atoms with Crippen LogP contribution < -0.4 is 10.6 Å². The Morgan fingerprint density at radius 2 is 1.86 bits per heavy atom. The molecule has 2 nitrogen and oxygen atoms in total. The lowest BCUT2D eigenvalue weighted by atomic mass is 9.89. The molecule has 2 N–H and O–H groups in total. The number of rotatable bonds is 4. The van der Waals surface area contributed by atoms with E-state index in [0.717, 1.165) is 6.54 Å². The monoisotopic (exact) mass is 300 g/mol. The maximum Gasteiger partial charge on any atom is 0.416 e. The molecule has 2 rings (SSSR count). The van der Waals surface area contributed by atoms with E-state index in [9.17, 15) is 13.2 Å². The fourth-order valence-electron chi connectivity index (χ4n) is 3.11. The molecule has 0 bridgehead atoms. The maximum absolute atomic E-state index is 13.1. The molecule has 0 radical (unpaired) electrons. The Bertz CT molecular complexity index is 465. The molecule has 1 aliphatic carbocycles. The summed E-state index contributed by atoms with van der Waals surface area (Å²) in [5.41, 5.74) is 5.56. The number of alkyl halides is 3. The third-order valence-electron chi connectivity index (χ3n) is 4.32. The molecule has 1 saturated carbocycles. The highest BCUT2D eigenvalue weighted by Crippen LogP contribution is 2.35. The van der Waals surface area contributed by atoms with Gasteiger partial charge in [0.1, 0.15) is 0 Å². The molecule has 0 amide bonds. The average molecular weight is 300 g/mol. The summed E-state index contributed by atoms with van der Waals surface area (Å²) in [4.78, 5) is 1.94. The minimum absolute atomic E-state index is 0.0958. The van der Waals surface area contributed by atoms with E-state index in [4.69, 9.17) is 5.73 Å². The highest BCUT2D eigenvalue weighted by Gasteiger charge is 2.33. The number of halogens is 3. The van der Waals surface area contributed by atoms with Crippen LogP contribution in [0.1, 0.15) is 43.2 Å². The molecule has 0 atom stereocenters. The molecule has 118 valence electrons. The van der Waals surface area contributed by atoms with Crippen molar-refractivity contribution in [3.63, 3.8) is 0 Å². The third kappa shape index (κ3) is 4.13. The Balaban J connectivity index is 2.15. The highest BCUT2D eigenvalue weighted by molar-refractivity contribution is 5.51. The summed E-state index contributed by atoms with van der Waals surface area (Å²) >= 11 is 0. The van der Waals surface area contributed by atoms with Crippen molar-refractivity contribution in [2.75, 3.05) is 18.5 Å². The Hall–Kier alpha value is -1.23. The second-order valence-corrected chi connectivity index (χ2v) is 5.93. The van der Waals surface area contributed by atoms with Gasteiger partial charge >= 0.3 is 6.18 Å². The number of nitrogens with two attached hydrogens (primary N) is 1. The summed E-state index contributed by atoms with van der Waals surface area (Å²) in [6.07, 6.45) is 1.76. The van der Waals surface area contributed by atoms with Crippen molar-refractivity contribution >= 4 is 5.69 Å². The van der Waals surface area contributed by atoms with Crippen LogP contribution in [-0.4, -0.2) is 13.6 Å². The van der Waals surface area contributed by atoms with E-state index < -0.39 is 11.7 Å². The van der Waals surface area contributed by atoms with Gasteiger partial charge in [0.15, 0.2) is 0 Å². The normalized spacial score (nSPS) is 17.0. The molecular formula is C16H23F3N2. The lowest BCUT2D eigenvalue weighted by molar-refractivity contribution is -0.138. The Morgan fingerprint density at radius 1 is 1.19 bits per heavy atom. The van der Waals surface area contributed by atoms with Crippen LogP contribution in [0.25, 0.3) is 0 Å². The summed E-state index contributed by atoms with van der Waals surface area (Å²) in [5, 5.41) is 0. The van der Waals surface area contributed by atoms with Gasteiger partial charge in [-0.25, -0.2) is 0 Å². The first-order chi connectivity index (χ1) is 9.91. The van der Waals surface area contributed by atoms with Gasteiger partial charge in [0.25, 0.3) is 0 Å². The van der Waals surface area contributed by atoms with Crippen molar-refractivity contribution < 1.29 is 13.2 Å². The first-order valence-electron chi connectivity index (χ1n) is 7.53. The van der Waals surface area contributed by atoms with Crippen LogP contribution in [0, 0.1) is 5.92 Å². The topological polar surface area (TPSA) is 29.3 Å². The number of benzene rings is 1. The van der Waals surface area contributed by atoms with Gasteiger partial charge in [-0.15, -0.1) is 0 Å². The zero-order chi connectivity index (χ0) is 15.5. The minimum Gasteiger partial charge on any atom is -0.374 e. The fourth-order valence-corrected chi connectivity index (χ4v) is 3.11. The van der Waals surface area contributed by atoms with Gasteiger partial charge in [0.05, 0.1) is 5.56 Å². The van der Waals surface area contributed by atoms with Crippen molar-refractivity contribution in [2.24, 2.45) is 11.7 Å². The molecule has 0 aromatic heterocycles. The number of anilines is 1. The molecule has 0 aliphatic heterocycles. The van der Waals surface area contributed by atoms with E-state index in [0.29, 0.717) is 11.6 Å². The van der Waals surface area contributed by atoms with Gasteiger partial charge in [-0.3, -0.25) is 0 Å². The van der Waals surface area contributed by atoms with Crippen LogP contribution in [0.15, 0.2) is 18.2 Å². The maximum atomic E-state index is 13.1. The molecule has 0 heterocycles. The third-order valence-corrected chi connectivity index (χ3v) is 4.32. The Labute approximate surface area is 124 Å². The fraction of sp³-hybridized carbons (Fsp3) is 0.625. The van der Waals surface area contributed by atoms with Crippen LogP contribution >= 0.6 is 0 Å². The molecule has 1 fully saturated rings. The molecule has 0 spiro atoms. The SMILES string of the molecule is CN(CC1CCCCC1)c1ccc(CN)c(C(F)(F)F)c1. The molecule has 1 aromatic rings. The predicted molar refractivity (Wildman–Crippen MR) is 79.2 cm³/mol. The zero-order valence-electron chi connectivity index (χ0n) is 12.4. The standard InChI is InChI=1S/C16H23F3N2/c1-21(11-12-5-3-2-4-6-12)14-8-7-13(10-20)15(9-14)16(17,18)19/h7-9,12H,2-6,10-11,20H2,1H3. The second-order valence-electron chi connectivity index (χ2n) is 5.93. The highest BCUT2D eigenvalue weighted by atomic mass is 19.4. The summed E-state index contributed by atoms with van der Waals surface area (Å²) in [7, 11) is 1.87. The Kier molecular flexibility index (Phi) is 5.14. The van der Waals surface area contributed by atoms with Gasteiger partial charge in [0.2, 0.25) is 0 Å². The lowest BCUT2D eigenvalue weighted by Gasteiger charge is -2.29. The van der Waals surface area contributed by atoms with Crippen LogP contribution in [0.3, 0.4) is 0 Å². The van der Waals surface area contributed by atoms with Gasteiger partial charge < -0.3 is 10.6 Å². The summed E-state index contributed by atoms with van der Waals surface area (Å²) in [6, 6.07) is 4.46. The minimum atomic E-state index is -4.35. The molecular weight excluding hydrogens is 277 g/mol. The van der Waals surface area contributed by atoms with Gasteiger partial charge in [0, 0.05) is 25.8 Å². The van der Waals surface area contributed by atoms with Crippen LogP contribution in [0.2, 0.25) is 0 Å². The van der Waals surface area contributed by atoms with E-state index in [1.807, 2.05) is 11.9 Å². The van der Waals surface area contributed by atoms with Gasteiger partial charge in [-0.05, 0) is 36.5 Å². The molecule has 1 aromatic carbocycles. The number of hydrogen-bond donors (Lipinski definition) is 1. The van der Waals surface area contributed by atoms with Gasteiger partial charge in [-0.2, -0.15) is 13.2 Å². The van der Waals surface area contributed by atoms with E-state index in [-0.39, 0.29) is 12.1 Å². The second kappa shape index (κ2) is 6.69. The van der Waals surface area contributed by atoms with Crippen molar-refractivity contribution in [2.45, 2.75) is 44.8 Å². The van der Waals surface area contributed by atoms with Crippen molar-refractivity contribution in [1.82, 2.24) is 0 Å².